The highest BCUT2D eigenvalue weighted by atomic mass is 16.6. The summed E-state index contributed by atoms with van der Waals surface area (Å²) in [4.78, 5) is 24.2. The monoisotopic (exact) mass is 260 g/mol. The number of carbonyl (C=O) groups excluding carboxylic acids is 2. The molecule has 4 rings (SSSR count). The summed E-state index contributed by atoms with van der Waals surface area (Å²) in [6, 6.07) is 0. The molecule has 0 aromatic heterocycles. The van der Waals surface area contributed by atoms with Crippen molar-refractivity contribution in [3.05, 3.63) is 11.1 Å². The number of rotatable bonds is 0. The number of carbonyl (C=O) groups is 2. The Bertz CT molecular complexity index is 434. The van der Waals surface area contributed by atoms with Gasteiger partial charge >= 0.3 is 11.9 Å². The lowest BCUT2D eigenvalue weighted by atomic mass is 9.58. The van der Waals surface area contributed by atoms with E-state index in [2.05, 4.69) is 0 Å². The zero-order chi connectivity index (χ0) is 13.0. The first kappa shape index (κ1) is 11.7. The van der Waals surface area contributed by atoms with Gasteiger partial charge in [0.15, 0.2) is 0 Å². The van der Waals surface area contributed by atoms with E-state index in [9.17, 15) is 9.59 Å². The Kier molecular flexibility index (Phi) is 2.58. The third-order valence-corrected chi connectivity index (χ3v) is 5.73. The number of esters is 2. The Balaban J connectivity index is 1.83. The van der Waals surface area contributed by atoms with E-state index in [1.807, 2.05) is 0 Å². The second-order valence-corrected chi connectivity index (χ2v) is 6.55. The first-order valence-electron chi connectivity index (χ1n) is 7.74. The Labute approximate surface area is 113 Å². The molecule has 0 aromatic carbocycles. The van der Waals surface area contributed by atoms with Gasteiger partial charge in [-0.3, -0.25) is 9.59 Å². The van der Waals surface area contributed by atoms with Gasteiger partial charge < -0.3 is 4.74 Å². The summed E-state index contributed by atoms with van der Waals surface area (Å²) in [5.41, 5.74) is 3.09. The maximum absolute atomic E-state index is 12.1. The van der Waals surface area contributed by atoms with E-state index in [0.717, 1.165) is 25.7 Å². The first-order chi connectivity index (χ1) is 9.27. The van der Waals surface area contributed by atoms with E-state index < -0.39 is 0 Å². The molecular formula is C16H20O3. The van der Waals surface area contributed by atoms with Crippen LogP contribution in [0.4, 0.5) is 0 Å². The van der Waals surface area contributed by atoms with Crippen LogP contribution in [0.25, 0.3) is 0 Å². The number of fused-ring (bicyclic) bond motifs is 5. The zero-order valence-electron chi connectivity index (χ0n) is 11.2. The third kappa shape index (κ3) is 1.56. The molecule has 2 saturated carbocycles. The van der Waals surface area contributed by atoms with Gasteiger partial charge in [0, 0.05) is 0 Å². The van der Waals surface area contributed by atoms with Crippen LogP contribution >= 0.6 is 0 Å². The summed E-state index contributed by atoms with van der Waals surface area (Å²) in [6.07, 6.45) is 9.35. The third-order valence-electron chi connectivity index (χ3n) is 5.73. The van der Waals surface area contributed by atoms with Gasteiger partial charge in [-0.1, -0.05) is 24.0 Å². The molecule has 3 heteroatoms. The molecule has 0 aromatic rings. The van der Waals surface area contributed by atoms with Crippen LogP contribution in [0.3, 0.4) is 0 Å². The minimum absolute atomic E-state index is 0.144. The van der Waals surface area contributed by atoms with Crippen LogP contribution in [-0.4, -0.2) is 11.9 Å². The zero-order valence-corrected chi connectivity index (χ0v) is 11.2. The highest BCUT2D eigenvalue weighted by Crippen LogP contribution is 2.55. The number of allylic oxidation sites excluding steroid dienone is 2. The molecule has 4 atom stereocenters. The van der Waals surface area contributed by atoms with E-state index >= 15 is 0 Å². The van der Waals surface area contributed by atoms with Crippen LogP contribution in [0.1, 0.15) is 51.4 Å². The van der Waals surface area contributed by atoms with Gasteiger partial charge in [-0.05, 0) is 50.4 Å². The van der Waals surface area contributed by atoms with Gasteiger partial charge in [-0.25, -0.2) is 0 Å². The van der Waals surface area contributed by atoms with Crippen LogP contribution in [0.5, 0.6) is 0 Å². The molecular weight excluding hydrogens is 240 g/mol. The molecule has 1 aliphatic heterocycles. The summed E-state index contributed by atoms with van der Waals surface area (Å²) >= 11 is 0. The summed E-state index contributed by atoms with van der Waals surface area (Å²) in [5.74, 6) is -0.110. The lowest BCUT2D eigenvalue weighted by molar-refractivity contribution is -0.154. The first-order valence-corrected chi connectivity index (χ1v) is 7.74. The molecule has 3 fully saturated rings. The van der Waals surface area contributed by atoms with Gasteiger partial charge in [0.05, 0.1) is 11.8 Å². The van der Waals surface area contributed by atoms with Gasteiger partial charge in [0.2, 0.25) is 0 Å². The fraction of sp³-hybridized carbons (Fsp3) is 0.750. The minimum atomic E-state index is -0.232. The molecule has 0 bridgehead atoms. The maximum atomic E-state index is 12.1. The Morgan fingerprint density at radius 2 is 1.21 bits per heavy atom. The molecule has 4 aliphatic rings. The summed E-state index contributed by atoms with van der Waals surface area (Å²) in [5, 5.41) is 0. The maximum Gasteiger partial charge on any atom is 0.318 e. The molecule has 1 saturated heterocycles. The Morgan fingerprint density at radius 3 is 1.68 bits per heavy atom. The molecule has 19 heavy (non-hydrogen) atoms. The average Bonchev–Trinajstić information content (AvgIpc) is 2.75. The number of hydrogen-bond donors (Lipinski definition) is 0. The topological polar surface area (TPSA) is 43.4 Å². The minimum Gasteiger partial charge on any atom is -0.393 e. The summed E-state index contributed by atoms with van der Waals surface area (Å²) in [6.45, 7) is 0. The van der Waals surface area contributed by atoms with E-state index in [0.29, 0.717) is 11.8 Å². The lowest BCUT2D eigenvalue weighted by Gasteiger charge is -2.43. The smallest absolute Gasteiger partial charge is 0.318 e. The largest absolute Gasteiger partial charge is 0.393 e. The van der Waals surface area contributed by atoms with E-state index in [1.165, 1.54) is 25.7 Å². The predicted molar refractivity (Wildman–Crippen MR) is 69.0 cm³/mol. The van der Waals surface area contributed by atoms with Gasteiger partial charge in [0.25, 0.3) is 0 Å². The van der Waals surface area contributed by atoms with Crippen molar-refractivity contribution in [3.8, 4) is 0 Å². The molecule has 1 heterocycles. The number of cyclic esters (lactones) is 2. The molecule has 102 valence electrons. The van der Waals surface area contributed by atoms with Crippen LogP contribution in [0.2, 0.25) is 0 Å². The van der Waals surface area contributed by atoms with Gasteiger partial charge in [-0.2, -0.15) is 0 Å². The van der Waals surface area contributed by atoms with Crippen molar-refractivity contribution in [1.82, 2.24) is 0 Å². The second-order valence-electron chi connectivity index (χ2n) is 6.55. The van der Waals surface area contributed by atoms with Crippen LogP contribution < -0.4 is 0 Å². The Hall–Kier alpha value is -1.12. The average molecular weight is 260 g/mol. The normalized spacial score (nSPS) is 41.5. The fourth-order valence-corrected chi connectivity index (χ4v) is 5.03. The van der Waals surface area contributed by atoms with Crippen molar-refractivity contribution < 1.29 is 14.3 Å². The molecule has 0 N–H and O–H groups in total. The SMILES string of the molecule is O=C1OC(=O)[C@H]2[C@@H]1[C@H]1CCCCC1=C1CCCC[C@H]12. The molecule has 0 amide bonds. The quantitative estimate of drug-likeness (QED) is 0.382. The molecule has 0 unspecified atom stereocenters. The van der Waals surface area contributed by atoms with Crippen LogP contribution in [-0.2, 0) is 14.3 Å². The van der Waals surface area contributed by atoms with Crippen molar-refractivity contribution in [3.63, 3.8) is 0 Å². The standard InChI is InChI=1S/C16H20O3/c17-15-13-11-7-3-1-5-9(11)10-6-2-4-8-12(10)14(13)16(18)19-15/h11-14H,1-8H2/t11-,12+,13-,14+. The number of ether oxygens (including phenoxy) is 1. The Morgan fingerprint density at radius 1 is 0.737 bits per heavy atom. The van der Waals surface area contributed by atoms with Gasteiger partial charge in [-0.15, -0.1) is 0 Å². The van der Waals surface area contributed by atoms with Crippen molar-refractivity contribution in [2.75, 3.05) is 0 Å². The molecule has 3 nitrogen and oxygen atoms in total. The second kappa shape index (κ2) is 4.19. The fourth-order valence-electron chi connectivity index (χ4n) is 5.03. The molecule has 0 spiro atoms. The van der Waals surface area contributed by atoms with E-state index in [1.54, 1.807) is 11.1 Å². The van der Waals surface area contributed by atoms with Crippen molar-refractivity contribution in [2.45, 2.75) is 51.4 Å². The van der Waals surface area contributed by atoms with Crippen molar-refractivity contribution in [2.24, 2.45) is 23.7 Å². The van der Waals surface area contributed by atoms with Crippen molar-refractivity contribution >= 4 is 11.9 Å². The van der Waals surface area contributed by atoms with Gasteiger partial charge in [0.1, 0.15) is 0 Å². The summed E-state index contributed by atoms with van der Waals surface area (Å²) < 4.78 is 5.00. The predicted octanol–water partition coefficient (Wildman–Crippen LogP) is 2.99. The highest BCUT2D eigenvalue weighted by Gasteiger charge is 2.56. The van der Waals surface area contributed by atoms with E-state index in [4.69, 9.17) is 4.74 Å². The van der Waals surface area contributed by atoms with Crippen LogP contribution in [0.15, 0.2) is 11.1 Å². The number of hydrogen-bond acceptors (Lipinski definition) is 3. The molecule has 0 radical (unpaired) electrons. The van der Waals surface area contributed by atoms with Crippen molar-refractivity contribution in [1.29, 1.82) is 0 Å². The van der Waals surface area contributed by atoms with Crippen LogP contribution in [0, 0.1) is 23.7 Å². The lowest BCUT2D eigenvalue weighted by Crippen LogP contribution is -2.41. The summed E-state index contributed by atoms with van der Waals surface area (Å²) in [7, 11) is 0. The molecule has 3 aliphatic carbocycles. The van der Waals surface area contributed by atoms with E-state index in [-0.39, 0.29) is 23.8 Å². The highest BCUT2D eigenvalue weighted by molar-refractivity contribution is 5.97.